The van der Waals surface area contributed by atoms with Crippen LogP contribution in [-0.2, 0) is 4.74 Å². The van der Waals surface area contributed by atoms with Crippen LogP contribution < -0.4 is 10.1 Å². The Balaban J connectivity index is 2.03. The smallest absolute Gasteiger partial charge is 0.414 e. The first-order valence-electron chi connectivity index (χ1n) is 7.85. The van der Waals surface area contributed by atoms with Crippen LogP contribution in [-0.4, -0.2) is 24.8 Å². The molecular weight excluding hydrogens is 320 g/mol. The lowest BCUT2D eigenvalue weighted by Crippen LogP contribution is -2.13. The van der Waals surface area contributed by atoms with Crippen molar-refractivity contribution in [3.63, 3.8) is 0 Å². The Labute approximate surface area is 145 Å². The molecule has 128 valence electrons. The Morgan fingerprint density at radius 2 is 1.88 bits per heavy atom. The first-order valence-corrected chi connectivity index (χ1v) is 7.85. The van der Waals surface area contributed by atoms with Gasteiger partial charge in [0.25, 0.3) is 0 Å². The molecule has 1 N–H and O–H groups in total. The van der Waals surface area contributed by atoms with E-state index in [4.69, 9.17) is 13.9 Å². The van der Waals surface area contributed by atoms with Crippen molar-refractivity contribution in [1.29, 1.82) is 0 Å². The van der Waals surface area contributed by atoms with E-state index in [1.807, 2.05) is 54.6 Å². The second-order valence-electron chi connectivity index (χ2n) is 5.14. The number of amides is 1. The molecule has 0 unspecified atom stereocenters. The van der Waals surface area contributed by atoms with E-state index < -0.39 is 6.09 Å². The standard InChI is InChI=1S/C19H18N2O4/c1-3-24-19(22)21-18-16(13-8-5-4-6-9-13)20-17(25-18)14-10-7-11-15(12-14)23-2/h4-12H,3H2,1-2H3,(H,21,22). The fourth-order valence-corrected chi connectivity index (χ4v) is 2.34. The van der Waals surface area contributed by atoms with Crippen LogP contribution in [0.3, 0.4) is 0 Å². The summed E-state index contributed by atoms with van der Waals surface area (Å²) in [6.45, 7) is 2.00. The van der Waals surface area contributed by atoms with Gasteiger partial charge in [-0.1, -0.05) is 36.4 Å². The average Bonchev–Trinajstić information content (AvgIpc) is 3.06. The van der Waals surface area contributed by atoms with E-state index in [0.717, 1.165) is 11.1 Å². The van der Waals surface area contributed by atoms with Gasteiger partial charge in [0.1, 0.15) is 11.4 Å². The third-order valence-corrected chi connectivity index (χ3v) is 3.48. The molecule has 0 fully saturated rings. The van der Waals surface area contributed by atoms with Crippen molar-refractivity contribution in [2.24, 2.45) is 0 Å². The Hall–Kier alpha value is -3.28. The van der Waals surface area contributed by atoms with Gasteiger partial charge in [-0.15, -0.1) is 0 Å². The lowest BCUT2D eigenvalue weighted by Gasteiger charge is -2.03. The molecule has 0 saturated carbocycles. The van der Waals surface area contributed by atoms with Crippen molar-refractivity contribution in [2.45, 2.75) is 6.92 Å². The first kappa shape index (κ1) is 16.6. The van der Waals surface area contributed by atoms with Gasteiger partial charge < -0.3 is 13.9 Å². The number of carbonyl (C=O) groups excluding carboxylic acids is 1. The lowest BCUT2D eigenvalue weighted by molar-refractivity contribution is 0.167. The van der Waals surface area contributed by atoms with E-state index in [2.05, 4.69) is 10.3 Å². The number of aromatic nitrogens is 1. The van der Waals surface area contributed by atoms with Crippen LogP contribution >= 0.6 is 0 Å². The van der Waals surface area contributed by atoms with Gasteiger partial charge in [0.15, 0.2) is 0 Å². The quantitative estimate of drug-likeness (QED) is 0.737. The largest absolute Gasteiger partial charge is 0.497 e. The number of hydrogen-bond donors (Lipinski definition) is 1. The zero-order valence-electron chi connectivity index (χ0n) is 14.0. The fraction of sp³-hybridized carbons (Fsp3) is 0.158. The second kappa shape index (κ2) is 7.53. The molecule has 1 amide bonds. The Morgan fingerprint density at radius 3 is 2.60 bits per heavy atom. The molecule has 2 aromatic carbocycles. The van der Waals surface area contributed by atoms with Gasteiger partial charge in [-0.2, -0.15) is 0 Å². The zero-order valence-corrected chi connectivity index (χ0v) is 14.0. The van der Waals surface area contributed by atoms with E-state index in [9.17, 15) is 4.79 Å². The number of carbonyl (C=O) groups is 1. The topological polar surface area (TPSA) is 73.6 Å². The van der Waals surface area contributed by atoms with Crippen molar-refractivity contribution >= 4 is 12.0 Å². The van der Waals surface area contributed by atoms with Crippen LogP contribution in [0.4, 0.5) is 10.7 Å². The van der Waals surface area contributed by atoms with Gasteiger partial charge in [-0.25, -0.2) is 9.78 Å². The Morgan fingerprint density at radius 1 is 1.12 bits per heavy atom. The SMILES string of the molecule is CCOC(=O)Nc1oc(-c2cccc(OC)c2)nc1-c1ccccc1. The number of nitrogens with one attached hydrogen (secondary N) is 1. The maximum absolute atomic E-state index is 11.8. The Kier molecular flexibility index (Phi) is 4.99. The maximum Gasteiger partial charge on any atom is 0.414 e. The van der Waals surface area contributed by atoms with E-state index in [1.165, 1.54) is 0 Å². The molecule has 1 aromatic heterocycles. The molecule has 0 atom stereocenters. The van der Waals surface area contributed by atoms with Crippen LogP contribution in [0.5, 0.6) is 5.75 Å². The maximum atomic E-state index is 11.8. The summed E-state index contributed by atoms with van der Waals surface area (Å²) in [7, 11) is 1.60. The molecule has 0 spiro atoms. The van der Waals surface area contributed by atoms with Crippen LogP contribution in [0, 0.1) is 0 Å². The van der Waals surface area contributed by atoms with Crippen molar-refractivity contribution < 1.29 is 18.7 Å². The van der Waals surface area contributed by atoms with E-state index in [0.29, 0.717) is 17.3 Å². The summed E-state index contributed by atoms with van der Waals surface area (Å²) in [5, 5.41) is 2.61. The third kappa shape index (κ3) is 3.80. The lowest BCUT2D eigenvalue weighted by atomic mass is 10.1. The number of rotatable bonds is 5. The number of oxazole rings is 1. The summed E-state index contributed by atoms with van der Waals surface area (Å²) in [5.74, 6) is 1.31. The predicted molar refractivity (Wildman–Crippen MR) is 94.6 cm³/mol. The van der Waals surface area contributed by atoms with Crippen LogP contribution in [0.1, 0.15) is 6.92 Å². The minimum Gasteiger partial charge on any atom is -0.497 e. The number of ether oxygens (including phenoxy) is 2. The van der Waals surface area contributed by atoms with Gasteiger partial charge in [0, 0.05) is 11.1 Å². The number of methoxy groups -OCH3 is 1. The monoisotopic (exact) mass is 338 g/mol. The van der Waals surface area contributed by atoms with Gasteiger partial charge in [-0.3, -0.25) is 5.32 Å². The molecule has 6 nitrogen and oxygen atoms in total. The molecule has 3 rings (SSSR count). The molecule has 0 radical (unpaired) electrons. The van der Waals surface area contributed by atoms with Crippen LogP contribution in [0.25, 0.3) is 22.7 Å². The molecule has 3 aromatic rings. The number of benzene rings is 2. The van der Waals surface area contributed by atoms with E-state index in [-0.39, 0.29) is 12.5 Å². The van der Waals surface area contributed by atoms with Gasteiger partial charge in [0.05, 0.1) is 13.7 Å². The first-order chi connectivity index (χ1) is 12.2. The second-order valence-corrected chi connectivity index (χ2v) is 5.14. The van der Waals surface area contributed by atoms with Crippen LogP contribution in [0.2, 0.25) is 0 Å². The molecule has 0 bridgehead atoms. The van der Waals surface area contributed by atoms with Crippen LogP contribution in [0.15, 0.2) is 59.0 Å². The molecule has 0 saturated heterocycles. The number of anilines is 1. The summed E-state index contributed by atoms with van der Waals surface area (Å²) < 4.78 is 16.0. The predicted octanol–water partition coefficient (Wildman–Crippen LogP) is 4.59. The highest BCUT2D eigenvalue weighted by atomic mass is 16.5. The van der Waals surface area contributed by atoms with E-state index >= 15 is 0 Å². The fourth-order valence-electron chi connectivity index (χ4n) is 2.34. The summed E-state index contributed by atoms with van der Waals surface area (Å²) in [6, 6.07) is 16.8. The van der Waals surface area contributed by atoms with Crippen molar-refractivity contribution in [3.05, 3.63) is 54.6 Å². The zero-order chi connectivity index (χ0) is 17.6. The number of hydrogen-bond acceptors (Lipinski definition) is 5. The molecule has 6 heteroatoms. The molecule has 0 aliphatic carbocycles. The normalized spacial score (nSPS) is 10.3. The molecule has 1 heterocycles. The highest BCUT2D eigenvalue weighted by Crippen LogP contribution is 2.33. The van der Waals surface area contributed by atoms with E-state index in [1.54, 1.807) is 14.0 Å². The number of nitrogens with zero attached hydrogens (tertiary/aromatic N) is 1. The minimum atomic E-state index is -0.590. The Bertz CT molecular complexity index is 859. The third-order valence-electron chi connectivity index (χ3n) is 3.48. The van der Waals surface area contributed by atoms with Crippen molar-refractivity contribution in [2.75, 3.05) is 19.0 Å². The summed E-state index contributed by atoms with van der Waals surface area (Å²) >= 11 is 0. The minimum absolute atomic E-state index is 0.238. The molecule has 25 heavy (non-hydrogen) atoms. The highest BCUT2D eigenvalue weighted by molar-refractivity contribution is 5.88. The van der Waals surface area contributed by atoms with Gasteiger partial charge in [-0.05, 0) is 25.1 Å². The van der Waals surface area contributed by atoms with Gasteiger partial charge in [0.2, 0.25) is 11.8 Å². The van der Waals surface area contributed by atoms with Crippen molar-refractivity contribution in [3.8, 4) is 28.5 Å². The van der Waals surface area contributed by atoms with Crippen molar-refractivity contribution in [1.82, 2.24) is 4.98 Å². The molecule has 0 aliphatic rings. The molecular formula is C19H18N2O4. The molecule has 0 aliphatic heterocycles. The summed E-state index contributed by atoms with van der Waals surface area (Å²) in [5.41, 5.74) is 2.10. The summed E-state index contributed by atoms with van der Waals surface area (Å²) in [4.78, 5) is 16.3. The average molecular weight is 338 g/mol. The summed E-state index contributed by atoms with van der Waals surface area (Å²) in [6.07, 6.45) is -0.590. The highest BCUT2D eigenvalue weighted by Gasteiger charge is 2.19. The van der Waals surface area contributed by atoms with Gasteiger partial charge >= 0.3 is 6.09 Å².